The molecule has 262 valence electrons. The average molecular weight is 717 g/mol. The highest BCUT2D eigenvalue weighted by Crippen LogP contribution is 2.43. The van der Waals surface area contributed by atoms with Crippen LogP contribution >= 0.6 is 0 Å². The molecule has 0 saturated carbocycles. The van der Waals surface area contributed by atoms with Gasteiger partial charge in [0.1, 0.15) is 22.3 Å². The molecule has 0 aliphatic heterocycles. The molecule has 0 atom stereocenters. The minimum Gasteiger partial charge on any atom is -0.456 e. The number of benzene rings is 8. The zero-order chi connectivity index (χ0) is 37.0. The van der Waals surface area contributed by atoms with Crippen molar-refractivity contribution in [2.24, 2.45) is 0 Å². The van der Waals surface area contributed by atoms with E-state index in [1.54, 1.807) is 0 Å². The molecule has 4 nitrogen and oxygen atoms in total. The Bertz CT molecular complexity index is 3220. The summed E-state index contributed by atoms with van der Waals surface area (Å²) in [6.07, 6.45) is 0. The van der Waals surface area contributed by atoms with Crippen molar-refractivity contribution in [1.29, 1.82) is 0 Å². The fraction of sp³-hybridized carbons (Fsp3) is 0. The Morgan fingerprint density at radius 3 is 1.54 bits per heavy atom. The molecule has 56 heavy (non-hydrogen) atoms. The van der Waals surface area contributed by atoms with E-state index in [0.717, 1.165) is 94.2 Å². The lowest BCUT2D eigenvalue weighted by molar-refractivity contribution is 0.668. The predicted molar refractivity (Wildman–Crippen MR) is 229 cm³/mol. The Kier molecular flexibility index (Phi) is 7.46. The Morgan fingerprint density at radius 1 is 0.304 bits per heavy atom. The molecule has 0 radical (unpaired) electrons. The zero-order valence-electron chi connectivity index (χ0n) is 30.2. The van der Waals surface area contributed by atoms with Crippen LogP contribution in [0.5, 0.6) is 0 Å². The van der Waals surface area contributed by atoms with Crippen LogP contribution in [-0.2, 0) is 0 Å². The first-order valence-corrected chi connectivity index (χ1v) is 18.8. The van der Waals surface area contributed by atoms with Gasteiger partial charge in [0.05, 0.1) is 11.4 Å². The van der Waals surface area contributed by atoms with E-state index in [4.69, 9.17) is 18.8 Å². The van der Waals surface area contributed by atoms with Gasteiger partial charge < -0.3 is 8.83 Å². The molecule has 0 N–H and O–H groups in total. The van der Waals surface area contributed by atoms with E-state index < -0.39 is 0 Å². The fourth-order valence-electron chi connectivity index (χ4n) is 7.93. The van der Waals surface area contributed by atoms with Gasteiger partial charge in [-0.25, -0.2) is 9.97 Å². The molecule has 0 spiro atoms. The van der Waals surface area contributed by atoms with Gasteiger partial charge in [0, 0.05) is 43.8 Å². The van der Waals surface area contributed by atoms with E-state index in [-0.39, 0.29) is 0 Å². The van der Waals surface area contributed by atoms with E-state index in [1.165, 1.54) is 11.1 Å². The molecule has 3 heterocycles. The first-order valence-electron chi connectivity index (χ1n) is 18.8. The summed E-state index contributed by atoms with van der Waals surface area (Å²) in [4.78, 5) is 10.2. The highest BCUT2D eigenvalue weighted by Gasteiger charge is 2.19. The third kappa shape index (κ3) is 5.47. The van der Waals surface area contributed by atoms with Gasteiger partial charge in [0.2, 0.25) is 0 Å². The van der Waals surface area contributed by atoms with Crippen LogP contribution in [0, 0.1) is 0 Å². The molecule has 0 unspecified atom stereocenters. The van der Waals surface area contributed by atoms with Crippen LogP contribution in [0.3, 0.4) is 0 Å². The molecule has 0 saturated heterocycles. The summed E-state index contributed by atoms with van der Waals surface area (Å²) >= 11 is 0. The Labute approximate surface area is 323 Å². The van der Waals surface area contributed by atoms with Crippen molar-refractivity contribution >= 4 is 43.9 Å². The average Bonchev–Trinajstić information content (AvgIpc) is 3.85. The predicted octanol–water partition coefficient (Wildman–Crippen LogP) is 14.3. The quantitative estimate of drug-likeness (QED) is 0.172. The number of furan rings is 2. The largest absolute Gasteiger partial charge is 0.456 e. The SMILES string of the molecule is c1ccc(-c2ccc(-c3cc(-c4ccccc4)nc(-c4ccc(-c5ccc(-c6ccc7oc8ccccc8c7c6)c6oc7ccccc7c56)cc4)n3)cc2)cc1. The molecule has 0 amide bonds. The van der Waals surface area contributed by atoms with Crippen molar-refractivity contribution in [1.82, 2.24) is 9.97 Å². The second-order valence-corrected chi connectivity index (χ2v) is 14.1. The van der Waals surface area contributed by atoms with Crippen LogP contribution in [0.4, 0.5) is 0 Å². The monoisotopic (exact) mass is 716 g/mol. The summed E-state index contributed by atoms with van der Waals surface area (Å²) < 4.78 is 12.8. The first kappa shape index (κ1) is 31.9. The van der Waals surface area contributed by atoms with Crippen LogP contribution in [0.1, 0.15) is 0 Å². The van der Waals surface area contributed by atoms with Crippen molar-refractivity contribution in [3.05, 3.63) is 194 Å². The summed E-state index contributed by atoms with van der Waals surface area (Å²) in [5.41, 5.74) is 14.9. The minimum absolute atomic E-state index is 0.677. The summed E-state index contributed by atoms with van der Waals surface area (Å²) in [5, 5.41) is 4.37. The molecule has 3 aromatic heterocycles. The van der Waals surface area contributed by atoms with E-state index in [1.807, 2.05) is 48.5 Å². The fourth-order valence-corrected chi connectivity index (χ4v) is 7.93. The third-order valence-electron chi connectivity index (χ3n) is 10.8. The maximum Gasteiger partial charge on any atom is 0.160 e. The van der Waals surface area contributed by atoms with E-state index in [9.17, 15) is 0 Å². The Balaban J connectivity index is 1.01. The number of para-hydroxylation sites is 2. The van der Waals surface area contributed by atoms with Gasteiger partial charge in [-0.1, -0.05) is 158 Å². The topological polar surface area (TPSA) is 52.1 Å². The summed E-state index contributed by atoms with van der Waals surface area (Å²) in [7, 11) is 0. The smallest absolute Gasteiger partial charge is 0.160 e. The van der Waals surface area contributed by atoms with Gasteiger partial charge in [-0.3, -0.25) is 0 Å². The van der Waals surface area contributed by atoms with E-state index in [0.29, 0.717) is 5.82 Å². The molecule has 0 aliphatic rings. The summed E-state index contributed by atoms with van der Waals surface area (Å²) in [5.74, 6) is 0.677. The molecule has 11 aromatic rings. The van der Waals surface area contributed by atoms with Crippen LogP contribution in [-0.4, -0.2) is 9.97 Å². The maximum absolute atomic E-state index is 6.67. The van der Waals surface area contributed by atoms with Gasteiger partial charge in [-0.2, -0.15) is 0 Å². The third-order valence-corrected chi connectivity index (χ3v) is 10.8. The summed E-state index contributed by atoms with van der Waals surface area (Å²) in [6.45, 7) is 0. The van der Waals surface area contributed by atoms with Gasteiger partial charge in [0.25, 0.3) is 0 Å². The second-order valence-electron chi connectivity index (χ2n) is 14.1. The van der Waals surface area contributed by atoms with E-state index in [2.05, 4.69) is 146 Å². The van der Waals surface area contributed by atoms with Gasteiger partial charge in [-0.05, 0) is 64.2 Å². The minimum atomic E-state index is 0.677. The molecular weight excluding hydrogens is 685 g/mol. The molecule has 0 aliphatic carbocycles. The van der Waals surface area contributed by atoms with Gasteiger partial charge in [0.15, 0.2) is 5.82 Å². The van der Waals surface area contributed by atoms with Crippen molar-refractivity contribution in [3.63, 3.8) is 0 Å². The van der Waals surface area contributed by atoms with Crippen LogP contribution in [0.15, 0.2) is 203 Å². The molecule has 0 fully saturated rings. The second kappa shape index (κ2) is 13.1. The lowest BCUT2D eigenvalue weighted by Gasteiger charge is -2.11. The van der Waals surface area contributed by atoms with Crippen LogP contribution in [0.25, 0.3) is 111 Å². The van der Waals surface area contributed by atoms with Crippen LogP contribution in [0.2, 0.25) is 0 Å². The van der Waals surface area contributed by atoms with Crippen molar-refractivity contribution < 1.29 is 8.83 Å². The molecule has 0 bridgehead atoms. The lowest BCUT2D eigenvalue weighted by atomic mass is 9.93. The zero-order valence-corrected chi connectivity index (χ0v) is 30.2. The molecule has 4 heteroatoms. The van der Waals surface area contributed by atoms with Crippen molar-refractivity contribution in [3.8, 4) is 67.3 Å². The lowest BCUT2D eigenvalue weighted by Crippen LogP contribution is -1.96. The highest BCUT2D eigenvalue weighted by atomic mass is 16.3. The van der Waals surface area contributed by atoms with Gasteiger partial charge >= 0.3 is 0 Å². The highest BCUT2D eigenvalue weighted by molar-refractivity contribution is 6.17. The molecular formula is C52H32N2O2. The van der Waals surface area contributed by atoms with E-state index >= 15 is 0 Å². The first-order chi connectivity index (χ1) is 27.7. The Morgan fingerprint density at radius 2 is 0.804 bits per heavy atom. The maximum atomic E-state index is 6.67. The number of rotatable bonds is 6. The van der Waals surface area contributed by atoms with Crippen LogP contribution < -0.4 is 0 Å². The number of hydrogen-bond acceptors (Lipinski definition) is 4. The number of aromatic nitrogens is 2. The number of nitrogens with zero attached hydrogens (tertiary/aromatic N) is 2. The summed E-state index contributed by atoms with van der Waals surface area (Å²) in [6, 6.07) is 67.3. The number of fused-ring (bicyclic) bond motifs is 6. The normalized spacial score (nSPS) is 11.6. The number of hydrogen-bond donors (Lipinski definition) is 0. The van der Waals surface area contributed by atoms with Crippen molar-refractivity contribution in [2.45, 2.75) is 0 Å². The van der Waals surface area contributed by atoms with Gasteiger partial charge in [-0.15, -0.1) is 0 Å². The molecule has 11 rings (SSSR count). The Hall–Kier alpha value is -7.56. The standard InChI is InChI=1S/C52H32N2O2/c1-3-11-33(12-4-1)34-19-23-37(24-20-34)46-32-45(36-13-5-2-6-14-36)53-52(54-46)38-25-21-35(22-26-38)40-28-29-41(51-50(40)43-16-8-10-18-48(43)56-51)39-27-30-49-44(31-39)42-15-7-9-17-47(42)55-49/h1-32H. The molecule has 8 aromatic carbocycles. The van der Waals surface area contributed by atoms with Crippen molar-refractivity contribution in [2.75, 3.05) is 0 Å².